The van der Waals surface area contributed by atoms with E-state index in [2.05, 4.69) is 48.5 Å². The molecule has 2 aromatic heterocycles. The monoisotopic (exact) mass is 351 g/mol. The molecule has 0 aliphatic rings. The molecule has 0 spiro atoms. The van der Waals surface area contributed by atoms with E-state index in [1.807, 2.05) is 18.3 Å². The lowest BCUT2D eigenvalue weighted by Gasteiger charge is -2.15. The lowest BCUT2D eigenvalue weighted by atomic mass is 10.0. The zero-order valence-electron chi connectivity index (χ0n) is 15.5. The molecule has 1 aromatic carbocycles. The van der Waals surface area contributed by atoms with Crippen molar-refractivity contribution < 1.29 is 9.53 Å². The van der Waals surface area contributed by atoms with Gasteiger partial charge in [0.05, 0.1) is 18.3 Å². The standard InChI is InChI=1S/C21H25N3O2/c1-4-26-21(25)19-14-22-24-12-11-18(13-20(19)24)23-16(3)7-10-17-8-5-15(2)6-9-17/h5-6,8-9,11-14,16,23H,4,7,10H2,1-3H3. The maximum atomic E-state index is 12.0. The molecular weight excluding hydrogens is 326 g/mol. The molecule has 0 amide bonds. The van der Waals surface area contributed by atoms with Crippen LogP contribution in [0.15, 0.2) is 48.8 Å². The minimum Gasteiger partial charge on any atom is -0.462 e. The summed E-state index contributed by atoms with van der Waals surface area (Å²) in [5.74, 6) is -0.341. The van der Waals surface area contributed by atoms with Crippen LogP contribution in [0.3, 0.4) is 0 Å². The minimum absolute atomic E-state index is 0.313. The first-order valence-electron chi connectivity index (χ1n) is 9.03. The second-order valence-corrected chi connectivity index (χ2v) is 6.59. The summed E-state index contributed by atoms with van der Waals surface area (Å²) in [7, 11) is 0. The number of anilines is 1. The van der Waals surface area contributed by atoms with Crippen LogP contribution in [-0.4, -0.2) is 28.2 Å². The number of nitrogens with zero attached hydrogens (tertiary/aromatic N) is 2. The first kappa shape index (κ1) is 18.0. The number of aromatic nitrogens is 2. The van der Waals surface area contributed by atoms with Crippen LogP contribution in [0.5, 0.6) is 0 Å². The summed E-state index contributed by atoms with van der Waals surface area (Å²) in [6.45, 7) is 6.42. The van der Waals surface area contributed by atoms with E-state index in [0.29, 0.717) is 18.2 Å². The van der Waals surface area contributed by atoms with Crippen molar-refractivity contribution in [3.63, 3.8) is 0 Å². The van der Waals surface area contributed by atoms with Crippen LogP contribution < -0.4 is 5.32 Å². The predicted octanol–water partition coefficient (Wildman–Crippen LogP) is 4.25. The normalized spacial score (nSPS) is 12.1. The first-order valence-corrected chi connectivity index (χ1v) is 9.03. The Balaban J connectivity index is 1.66. The van der Waals surface area contributed by atoms with Gasteiger partial charge in [-0.3, -0.25) is 0 Å². The van der Waals surface area contributed by atoms with Crippen LogP contribution in [0.25, 0.3) is 5.52 Å². The second kappa shape index (κ2) is 8.04. The van der Waals surface area contributed by atoms with Crippen molar-refractivity contribution in [2.45, 2.75) is 39.7 Å². The number of esters is 1. The van der Waals surface area contributed by atoms with Gasteiger partial charge in [0, 0.05) is 17.9 Å². The van der Waals surface area contributed by atoms with Crippen molar-refractivity contribution in [2.75, 3.05) is 11.9 Å². The number of carbonyl (C=O) groups excluding carboxylic acids is 1. The van der Waals surface area contributed by atoms with Gasteiger partial charge in [-0.2, -0.15) is 5.10 Å². The molecule has 1 N–H and O–H groups in total. The first-order chi connectivity index (χ1) is 12.6. The van der Waals surface area contributed by atoms with Crippen molar-refractivity contribution in [3.05, 3.63) is 65.5 Å². The number of hydrogen-bond donors (Lipinski definition) is 1. The highest BCUT2D eigenvalue weighted by Gasteiger charge is 2.14. The van der Waals surface area contributed by atoms with Crippen LogP contribution >= 0.6 is 0 Å². The van der Waals surface area contributed by atoms with Crippen LogP contribution in [0.2, 0.25) is 0 Å². The molecule has 0 saturated carbocycles. The van der Waals surface area contributed by atoms with Crippen LogP contribution in [-0.2, 0) is 11.2 Å². The largest absolute Gasteiger partial charge is 0.462 e. The lowest BCUT2D eigenvalue weighted by Crippen LogP contribution is -2.16. The van der Waals surface area contributed by atoms with Gasteiger partial charge >= 0.3 is 5.97 Å². The fourth-order valence-corrected chi connectivity index (χ4v) is 2.93. The molecule has 0 bridgehead atoms. The van der Waals surface area contributed by atoms with Gasteiger partial charge in [-0.1, -0.05) is 29.8 Å². The van der Waals surface area contributed by atoms with Crippen molar-refractivity contribution in [1.82, 2.24) is 9.61 Å². The summed E-state index contributed by atoms with van der Waals surface area (Å²) in [5, 5.41) is 7.72. The molecule has 0 aliphatic heterocycles. The summed E-state index contributed by atoms with van der Waals surface area (Å²) in [6.07, 6.45) is 5.46. The van der Waals surface area contributed by atoms with Crippen molar-refractivity contribution in [3.8, 4) is 0 Å². The number of nitrogens with one attached hydrogen (secondary N) is 1. The fourth-order valence-electron chi connectivity index (χ4n) is 2.93. The quantitative estimate of drug-likeness (QED) is 0.647. The van der Waals surface area contributed by atoms with Gasteiger partial charge < -0.3 is 10.1 Å². The Labute approximate surface area is 154 Å². The third-order valence-electron chi connectivity index (χ3n) is 4.42. The fraction of sp³-hybridized carbons (Fsp3) is 0.333. The van der Waals surface area contributed by atoms with E-state index in [9.17, 15) is 4.79 Å². The van der Waals surface area contributed by atoms with Gasteiger partial charge in [-0.15, -0.1) is 0 Å². The average molecular weight is 351 g/mol. The number of rotatable bonds is 7. The topological polar surface area (TPSA) is 55.6 Å². The number of benzene rings is 1. The predicted molar refractivity (Wildman–Crippen MR) is 104 cm³/mol. The van der Waals surface area contributed by atoms with Gasteiger partial charge in [-0.25, -0.2) is 9.31 Å². The Morgan fingerprint density at radius 3 is 2.77 bits per heavy atom. The van der Waals surface area contributed by atoms with Crippen molar-refractivity contribution >= 4 is 17.2 Å². The van der Waals surface area contributed by atoms with E-state index < -0.39 is 0 Å². The molecule has 5 heteroatoms. The van der Waals surface area contributed by atoms with E-state index in [0.717, 1.165) is 24.0 Å². The molecule has 136 valence electrons. The Morgan fingerprint density at radius 1 is 1.27 bits per heavy atom. The smallest absolute Gasteiger partial charge is 0.341 e. The number of fused-ring (bicyclic) bond motifs is 1. The minimum atomic E-state index is -0.341. The van der Waals surface area contributed by atoms with E-state index in [1.165, 1.54) is 11.1 Å². The summed E-state index contributed by atoms with van der Waals surface area (Å²) in [5.41, 5.74) is 4.84. The highest BCUT2D eigenvalue weighted by Crippen LogP contribution is 2.19. The third kappa shape index (κ3) is 4.23. The molecule has 5 nitrogen and oxygen atoms in total. The zero-order chi connectivity index (χ0) is 18.5. The van der Waals surface area contributed by atoms with Crippen molar-refractivity contribution in [2.24, 2.45) is 0 Å². The third-order valence-corrected chi connectivity index (χ3v) is 4.42. The second-order valence-electron chi connectivity index (χ2n) is 6.59. The van der Waals surface area contributed by atoms with E-state index >= 15 is 0 Å². The molecular formula is C21H25N3O2. The molecule has 26 heavy (non-hydrogen) atoms. The number of ether oxygens (including phenoxy) is 1. The number of pyridine rings is 1. The van der Waals surface area contributed by atoms with E-state index in [4.69, 9.17) is 4.74 Å². The number of aryl methyl sites for hydroxylation is 2. The van der Waals surface area contributed by atoms with Crippen LogP contribution in [0.1, 0.15) is 41.8 Å². The SMILES string of the molecule is CCOC(=O)c1cnn2ccc(NC(C)CCc3ccc(C)cc3)cc12. The van der Waals surface area contributed by atoms with Crippen LogP contribution in [0.4, 0.5) is 5.69 Å². The Morgan fingerprint density at radius 2 is 2.04 bits per heavy atom. The van der Waals surface area contributed by atoms with Crippen molar-refractivity contribution in [1.29, 1.82) is 0 Å². The van der Waals surface area contributed by atoms with Gasteiger partial charge in [0.25, 0.3) is 0 Å². The summed E-state index contributed by atoms with van der Waals surface area (Å²) in [6, 6.07) is 12.9. The molecule has 3 rings (SSSR count). The average Bonchev–Trinajstić information content (AvgIpc) is 3.05. The molecule has 3 aromatic rings. The summed E-state index contributed by atoms with van der Waals surface area (Å²) < 4.78 is 6.79. The summed E-state index contributed by atoms with van der Waals surface area (Å²) >= 11 is 0. The maximum absolute atomic E-state index is 12.0. The van der Waals surface area contributed by atoms with Gasteiger partial charge in [0.15, 0.2) is 0 Å². The molecule has 2 heterocycles. The number of hydrogen-bond acceptors (Lipinski definition) is 4. The molecule has 1 unspecified atom stereocenters. The highest BCUT2D eigenvalue weighted by atomic mass is 16.5. The Hall–Kier alpha value is -2.82. The van der Waals surface area contributed by atoms with Gasteiger partial charge in [0.1, 0.15) is 5.56 Å². The van der Waals surface area contributed by atoms with Crippen LogP contribution in [0, 0.1) is 6.92 Å². The van der Waals surface area contributed by atoms with Gasteiger partial charge in [-0.05, 0) is 51.3 Å². The maximum Gasteiger partial charge on any atom is 0.341 e. The molecule has 0 fully saturated rings. The summed E-state index contributed by atoms with van der Waals surface area (Å²) in [4.78, 5) is 12.0. The zero-order valence-corrected chi connectivity index (χ0v) is 15.5. The highest BCUT2D eigenvalue weighted by molar-refractivity contribution is 5.97. The van der Waals surface area contributed by atoms with Gasteiger partial charge in [0.2, 0.25) is 0 Å². The van der Waals surface area contributed by atoms with E-state index in [-0.39, 0.29) is 5.97 Å². The molecule has 0 saturated heterocycles. The lowest BCUT2D eigenvalue weighted by molar-refractivity contribution is 0.0528. The van der Waals surface area contributed by atoms with E-state index in [1.54, 1.807) is 17.6 Å². The Kier molecular flexibility index (Phi) is 5.56. The Bertz CT molecular complexity index is 884. The molecule has 1 atom stereocenters. The number of carbonyl (C=O) groups is 1. The molecule has 0 radical (unpaired) electrons. The molecule has 0 aliphatic carbocycles.